The number of aromatic nitrogens is 2. The smallest absolute Gasteiger partial charge is 0.234 e. The molecule has 1 aromatic carbocycles. The molecule has 0 spiro atoms. The maximum absolute atomic E-state index is 11.6. The molecule has 0 saturated heterocycles. The Balaban J connectivity index is 2.16. The number of Topliss-reactive ketones (excluding diaryl/α,β-unsaturated/α-hetero) is 1. The fraction of sp³-hybridized carbons (Fsp3) is 0.400. The van der Waals surface area contributed by atoms with E-state index >= 15 is 0 Å². The van der Waals surface area contributed by atoms with Gasteiger partial charge in [-0.25, -0.2) is 0 Å². The lowest BCUT2D eigenvalue weighted by atomic mass is 10.1. The highest BCUT2D eigenvalue weighted by Crippen LogP contribution is 2.21. The fourth-order valence-electron chi connectivity index (χ4n) is 1.69. The Hall–Kier alpha value is -2.17. The third-order valence-electron chi connectivity index (χ3n) is 2.84. The molecule has 1 aromatic heterocycles. The van der Waals surface area contributed by atoms with E-state index in [1.807, 2.05) is 45.0 Å². The fourth-order valence-corrected chi connectivity index (χ4v) is 1.69. The van der Waals surface area contributed by atoms with Crippen molar-refractivity contribution in [3.05, 3.63) is 30.2 Å². The molecule has 0 radical (unpaired) electrons. The molecule has 1 heterocycles. The van der Waals surface area contributed by atoms with Crippen molar-refractivity contribution >= 4 is 5.78 Å². The highest BCUT2D eigenvalue weighted by molar-refractivity contribution is 5.81. The standard InChI is InChI=1S/C15H18N2O3/c1-4-19-12-7-5-6-11(8-12)15-16-14(20-17-15)9-13(18)10(2)3/h5-8,10H,4,9H2,1-3H3. The monoisotopic (exact) mass is 274 g/mol. The summed E-state index contributed by atoms with van der Waals surface area (Å²) in [7, 11) is 0. The van der Waals surface area contributed by atoms with Gasteiger partial charge in [-0.15, -0.1) is 0 Å². The molecule has 5 nitrogen and oxygen atoms in total. The second kappa shape index (κ2) is 6.32. The van der Waals surface area contributed by atoms with Gasteiger partial charge in [-0.1, -0.05) is 31.1 Å². The molecule has 0 saturated carbocycles. The van der Waals surface area contributed by atoms with Crippen molar-refractivity contribution in [1.82, 2.24) is 10.1 Å². The third-order valence-corrected chi connectivity index (χ3v) is 2.84. The zero-order chi connectivity index (χ0) is 14.5. The summed E-state index contributed by atoms with van der Waals surface area (Å²) >= 11 is 0. The summed E-state index contributed by atoms with van der Waals surface area (Å²) in [6.45, 7) is 6.23. The quantitative estimate of drug-likeness (QED) is 0.810. The molecular formula is C15H18N2O3. The molecule has 0 fully saturated rings. The first-order valence-corrected chi connectivity index (χ1v) is 6.68. The van der Waals surface area contributed by atoms with Gasteiger partial charge in [0.25, 0.3) is 0 Å². The van der Waals surface area contributed by atoms with Gasteiger partial charge in [-0.3, -0.25) is 4.79 Å². The van der Waals surface area contributed by atoms with E-state index in [1.165, 1.54) is 0 Å². The predicted molar refractivity (Wildman–Crippen MR) is 74.5 cm³/mol. The lowest BCUT2D eigenvalue weighted by Crippen LogP contribution is -2.10. The minimum Gasteiger partial charge on any atom is -0.494 e. The Morgan fingerprint density at radius 1 is 1.40 bits per heavy atom. The van der Waals surface area contributed by atoms with Crippen LogP contribution in [0.2, 0.25) is 0 Å². The minimum absolute atomic E-state index is 0.0355. The van der Waals surface area contributed by atoms with Crippen molar-refractivity contribution in [1.29, 1.82) is 0 Å². The average Bonchev–Trinajstić information content (AvgIpc) is 2.88. The predicted octanol–water partition coefficient (Wildman–Crippen LogP) is 2.90. The maximum atomic E-state index is 11.6. The van der Waals surface area contributed by atoms with E-state index in [0.29, 0.717) is 18.3 Å². The largest absolute Gasteiger partial charge is 0.494 e. The number of benzene rings is 1. The molecule has 5 heteroatoms. The third kappa shape index (κ3) is 3.44. The van der Waals surface area contributed by atoms with Gasteiger partial charge in [0.15, 0.2) is 0 Å². The number of hydrogen-bond donors (Lipinski definition) is 0. The Morgan fingerprint density at radius 3 is 2.90 bits per heavy atom. The number of rotatable bonds is 6. The highest BCUT2D eigenvalue weighted by Gasteiger charge is 2.15. The summed E-state index contributed by atoms with van der Waals surface area (Å²) in [5.74, 6) is 1.63. The molecular weight excluding hydrogens is 256 g/mol. The van der Waals surface area contributed by atoms with Gasteiger partial charge in [0.1, 0.15) is 11.5 Å². The van der Waals surface area contributed by atoms with Gasteiger partial charge in [0.2, 0.25) is 11.7 Å². The molecule has 2 rings (SSSR count). The van der Waals surface area contributed by atoms with Crippen molar-refractivity contribution in [3.8, 4) is 17.1 Å². The molecule has 0 aliphatic heterocycles. The number of ketones is 1. The molecule has 0 aliphatic carbocycles. The lowest BCUT2D eigenvalue weighted by molar-refractivity contribution is -0.121. The van der Waals surface area contributed by atoms with Crippen molar-refractivity contribution in [2.75, 3.05) is 6.61 Å². The van der Waals surface area contributed by atoms with E-state index in [2.05, 4.69) is 10.1 Å². The number of carbonyl (C=O) groups is 1. The van der Waals surface area contributed by atoms with Gasteiger partial charge in [0, 0.05) is 11.5 Å². The van der Waals surface area contributed by atoms with Crippen LogP contribution in [-0.4, -0.2) is 22.5 Å². The van der Waals surface area contributed by atoms with Crippen molar-refractivity contribution < 1.29 is 14.1 Å². The number of ether oxygens (including phenoxy) is 1. The van der Waals surface area contributed by atoms with Gasteiger partial charge in [-0.2, -0.15) is 4.98 Å². The van der Waals surface area contributed by atoms with Crippen LogP contribution in [0.5, 0.6) is 5.75 Å². The molecule has 0 atom stereocenters. The van der Waals surface area contributed by atoms with E-state index in [9.17, 15) is 4.79 Å². The van der Waals surface area contributed by atoms with Crippen LogP contribution in [0.25, 0.3) is 11.4 Å². The minimum atomic E-state index is -0.0355. The van der Waals surface area contributed by atoms with Crippen molar-refractivity contribution in [3.63, 3.8) is 0 Å². The molecule has 0 N–H and O–H groups in total. The Labute approximate surface area is 118 Å². The van der Waals surface area contributed by atoms with Crippen LogP contribution < -0.4 is 4.74 Å². The van der Waals surface area contributed by atoms with Gasteiger partial charge < -0.3 is 9.26 Å². The summed E-state index contributed by atoms with van der Waals surface area (Å²) in [5, 5.41) is 3.91. The Bertz CT molecular complexity index is 590. The van der Waals surface area contributed by atoms with Crippen LogP contribution in [0.15, 0.2) is 28.8 Å². The van der Waals surface area contributed by atoms with Crippen molar-refractivity contribution in [2.24, 2.45) is 5.92 Å². The topological polar surface area (TPSA) is 65.2 Å². The first-order chi connectivity index (χ1) is 9.60. The Kier molecular flexibility index (Phi) is 4.50. The molecule has 2 aromatic rings. The van der Waals surface area contributed by atoms with Gasteiger partial charge in [0.05, 0.1) is 13.0 Å². The first-order valence-electron chi connectivity index (χ1n) is 6.68. The SMILES string of the molecule is CCOc1cccc(-c2noc(CC(=O)C(C)C)n2)c1. The van der Waals surface area contributed by atoms with Crippen molar-refractivity contribution in [2.45, 2.75) is 27.2 Å². The molecule has 20 heavy (non-hydrogen) atoms. The molecule has 0 amide bonds. The molecule has 0 unspecified atom stereocenters. The first kappa shape index (κ1) is 14.2. The highest BCUT2D eigenvalue weighted by atomic mass is 16.5. The number of carbonyl (C=O) groups excluding carboxylic acids is 1. The summed E-state index contributed by atoms with van der Waals surface area (Å²) < 4.78 is 10.5. The van der Waals surface area contributed by atoms with Crippen LogP contribution in [0, 0.1) is 5.92 Å². The second-order valence-electron chi connectivity index (χ2n) is 4.77. The summed E-state index contributed by atoms with van der Waals surface area (Å²) in [4.78, 5) is 15.9. The number of hydrogen-bond acceptors (Lipinski definition) is 5. The summed E-state index contributed by atoms with van der Waals surface area (Å²) in [6.07, 6.45) is 0.176. The van der Waals surface area contributed by atoms with E-state index in [4.69, 9.17) is 9.26 Å². The molecule has 0 bridgehead atoms. The van der Waals surface area contributed by atoms with Crippen LogP contribution in [0.3, 0.4) is 0 Å². The maximum Gasteiger partial charge on any atom is 0.234 e. The zero-order valence-electron chi connectivity index (χ0n) is 11.9. The van der Waals surface area contributed by atoms with E-state index < -0.39 is 0 Å². The van der Waals surface area contributed by atoms with Gasteiger partial charge in [-0.05, 0) is 19.1 Å². The summed E-state index contributed by atoms with van der Waals surface area (Å²) in [5.41, 5.74) is 0.808. The van der Waals surface area contributed by atoms with E-state index in [1.54, 1.807) is 0 Å². The van der Waals surface area contributed by atoms with E-state index in [0.717, 1.165) is 11.3 Å². The Morgan fingerprint density at radius 2 is 2.20 bits per heavy atom. The van der Waals surface area contributed by atoms with Crippen LogP contribution in [0.1, 0.15) is 26.7 Å². The van der Waals surface area contributed by atoms with Crippen LogP contribution >= 0.6 is 0 Å². The summed E-state index contributed by atoms with van der Waals surface area (Å²) in [6, 6.07) is 7.47. The van der Waals surface area contributed by atoms with Crippen LogP contribution in [0.4, 0.5) is 0 Å². The number of nitrogens with zero attached hydrogens (tertiary/aromatic N) is 2. The second-order valence-corrected chi connectivity index (χ2v) is 4.77. The zero-order valence-corrected chi connectivity index (χ0v) is 11.9. The average molecular weight is 274 g/mol. The molecule has 0 aliphatic rings. The molecule has 106 valence electrons. The lowest BCUT2D eigenvalue weighted by Gasteiger charge is -2.03. The van der Waals surface area contributed by atoms with Crippen LogP contribution in [-0.2, 0) is 11.2 Å². The van der Waals surface area contributed by atoms with Gasteiger partial charge >= 0.3 is 0 Å². The normalized spacial score (nSPS) is 10.8. The van der Waals surface area contributed by atoms with E-state index in [-0.39, 0.29) is 18.1 Å².